The molecule has 3 rings (SSSR count). The highest BCUT2D eigenvalue weighted by Gasteiger charge is 2.16. The molecule has 0 unspecified atom stereocenters. The fourth-order valence-corrected chi connectivity index (χ4v) is 4.39. The number of thiocarbonyl (C=S) groups is 1. The third kappa shape index (κ3) is 4.80. The zero-order chi connectivity index (χ0) is 17.6. The lowest BCUT2D eigenvalue weighted by molar-refractivity contribution is 0.0947. The standard InChI is InChI=1S/C19H23N3OS2/c1-13(14-8-4-2-5-9-14)20-19(24)22-21-18(23)17-12-15-10-6-3-7-11-16(15)25-17/h2,4-5,8-9,12-13H,3,6-7,10-11H2,1H3,(H,21,23)(H2,20,22,24)/t13-/m0/s1. The second-order valence-electron chi connectivity index (χ2n) is 6.30. The van der Waals surface area contributed by atoms with Crippen LogP contribution in [0, 0.1) is 0 Å². The molecule has 1 aliphatic rings. The van der Waals surface area contributed by atoms with Crippen LogP contribution in [0.25, 0.3) is 0 Å². The summed E-state index contributed by atoms with van der Waals surface area (Å²) in [6, 6.07) is 12.1. The number of carbonyl (C=O) groups is 1. The Morgan fingerprint density at radius 1 is 1.12 bits per heavy atom. The highest BCUT2D eigenvalue weighted by Crippen LogP contribution is 2.28. The third-order valence-corrected chi connectivity index (χ3v) is 5.86. The molecule has 25 heavy (non-hydrogen) atoms. The Morgan fingerprint density at radius 2 is 1.88 bits per heavy atom. The molecule has 2 aromatic rings. The Morgan fingerprint density at radius 3 is 2.68 bits per heavy atom. The normalized spacial score (nSPS) is 14.8. The minimum Gasteiger partial charge on any atom is -0.355 e. The predicted octanol–water partition coefficient (Wildman–Crippen LogP) is 3.89. The molecule has 4 nitrogen and oxygen atoms in total. The first kappa shape index (κ1) is 17.9. The average Bonchev–Trinajstić information content (AvgIpc) is 2.91. The molecule has 0 radical (unpaired) electrons. The summed E-state index contributed by atoms with van der Waals surface area (Å²) < 4.78 is 0. The highest BCUT2D eigenvalue weighted by atomic mass is 32.1. The van der Waals surface area contributed by atoms with Gasteiger partial charge in [0, 0.05) is 4.88 Å². The maximum absolute atomic E-state index is 12.4. The minimum absolute atomic E-state index is 0.0657. The van der Waals surface area contributed by atoms with E-state index in [1.54, 1.807) is 11.3 Å². The maximum atomic E-state index is 12.4. The summed E-state index contributed by atoms with van der Waals surface area (Å²) in [7, 11) is 0. The number of benzene rings is 1. The Balaban J connectivity index is 1.51. The van der Waals surface area contributed by atoms with Crippen molar-refractivity contribution in [1.29, 1.82) is 0 Å². The Hall–Kier alpha value is -1.92. The van der Waals surface area contributed by atoms with E-state index in [9.17, 15) is 4.79 Å². The van der Waals surface area contributed by atoms with Gasteiger partial charge in [-0.15, -0.1) is 11.3 Å². The molecule has 0 bridgehead atoms. The van der Waals surface area contributed by atoms with Crippen LogP contribution < -0.4 is 16.2 Å². The third-order valence-electron chi connectivity index (χ3n) is 4.41. The number of amides is 1. The van der Waals surface area contributed by atoms with Gasteiger partial charge in [-0.2, -0.15) is 0 Å². The quantitative estimate of drug-likeness (QED) is 0.434. The Bertz CT molecular complexity index is 719. The first-order valence-electron chi connectivity index (χ1n) is 8.67. The molecule has 1 amide bonds. The van der Waals surface area contributed by atoms with Crippen LogP contribution >= 0.6 is 23.6 Å². The van der Waals surface area contributed by atoms with E-state index in [2.05, 4.69) is 16.2 Å². The van der Waals surface area contributed by atoms with Gasteiger partial charge in [-0.25, -0.2) is 0 Å². The van der Waals surface area contributed by atoms with Gasteiger partial charge in [-0.3, -0.25) is 15.6 Å². The van der Waals surface area contributed by atoms with Crippen LogP contribution in [0.1, 0.15) is 57.9 Å². The average molecular weight is 374 g/mol. The van der Waals surface area contributed by atoms with Crippen molar-refractivity contribution >= 4 is 34.6 Å². The van der Waals surface area contributed by atoms with Gasteiger partial charge < -0.3 is 5.32 Å². The van der Waals surface area contributed by atoms with Crippen molar-refractivity contribution in [3.8, 4) is 0 Å². The number of hydrazine groups is 1. The SMILES string of the molecule is C[C@H](NC(=S)NNC(=O)c1cc2c(s1)CCCCC2)c1ccccc1. The van der Waals surface area contributed by atoms with Gasteiger partial charge in [-0.1, -0.05) is 36.8 Å². The molecular weight excluding hydrogens is 350 g/mol. The van der Waals surface area contributed by atoms with Gasteiger partial charge in [0.05, 0.1) is 10.9 Å². The van der Waals surface area contributed by atoms with Crippen LogP contribution in [0.5, 0.6) is 0 Å². The summed E-state index contributed by atoms with van der Waals surface area (Å²) in [4.78, 5) is 14.5. The van der Waals surface area contributed by atoms with Crippen LogP contribution in [0.15, 0.2) is 36.4 Å². The van der Waals surface area contributed by atoms with E-state index in [0.717, 1.165) is 23.3 Å². The zero-order valence-electron chi connectivity index (χ0n) is 14.3. The van der Waals surface area contributed by atoms with Crippen molar-refractivity contribution < 1.29 is 4.79 Å². The second-order valence-corrected chi connectivity index (χ2v) is 7.85. The van der Waals surface area contributed by atoms with E-state index in [1.807, 2.05) is 43.3 Å². The van der Waals surface area contributed by atoms with E-state index in [4.69, 9.17) is 12.2 Å². The molecule has 1 aromatic carbocycles. The van der Waals surface area contributed by atoms with Crippen LogP contribution in [0.2, 0.25) is 0 Å². The van der Waals surface area contributed by atoms with Gasteiger partial charge >= 0.3 is 0 Å². The van der Waals surface area contributed by atoms with Gasteiger partial charge in [0.25, 0.3) is 5.91 Å². The molecule has 132 valence electrons. The van der Waals surface area contributed by atoms with Crippen molar-refractivity contribution in [2.45, 2.75) is 45.1 Å². The highest BCUT2D eigenvalue weighted by molar-refractivity contribution is 7.80. The van der Waals surface area contributed by atoms with Crippen LogP contribution in [0.4, 0.5) is 0 Å². The summed E-state index contributed by atoms with van der Waals surface area (Å²) in [5, 5.41) is 3.57. The number of fused-ring (bicyclic) bond motifs is 1. The number of rotatable bonds is 3. The number of nitrogens with one attached hydrogen (secondary N) is 3. The summed E-state index contributed by atoms with van der Waals surface area (Å²) in [5.74, 6) is -0.130. The lowest BCUT2D eigenvalue weighted by Crippen LogP contribution is -2.47. The number of hydrogen-bond donors (Lipinski definition) is 3. The largest absolute Gasteiger partial charge is 0.355 e. The van der Waals surface area contributed by atoms with Crippen LogP contribution in [-0.4, -0.2) is 11.0 Å². The molecule has 0 spiro atoms. The number of thiophene rings is 1. The molecule has 1 atom stereocenters. The fourth-order valence-electron chi connectivity index (χ4n) is 3.01. The van der Waals surface area contributed by atoms with Crippen LogP contribution in [0.3, 0.4) is 0 Å². The number of hydrogen-bond acceptors (Lipinski definition) is 3. The summed E-state index contributed by atoms with van der Waals surface area (Å²) in [6.45, 7) is 2.03. The molecule has 0 saturated carbocycles. The number of carbonyl (C=O) groups excluding carboxylic acids is 1. The van der Waals surface area contributed by atoms with E-state index >= 15 is 0 Å². The monoisotopic (exact) mass is 373 g/mol. The molecule has 1 heterocycles. The summed E-state index contributed by atoms with van der Waals surface area (Å²) >= 11 is 6.87. The summed E-state index contributed by atoms with van der Waals surface area (Å²) in [5.41, 5.74) is 7.98. The molecule has 6 heteroatoms. The molecule has 1 aliphatic carbocycles. The van der Waals surface area contributed by atoms with Gasteiger partial charge in [0.1, 0.15) is 0 Å². The molecule has 0 aliphatic heterocycles. The van der Waals surface area contributed by atoms with E-state index in [0.29, 0.717) is 5.11 Å². The van der Waals surface area contributed by atoms with E-state index in [-0.39, 0.29) is 11.9 Å². The van der Waals surface area contributed by atoms with Crippen molar-refractivity contribution in [1.82, 2.24) is 16.2 Å². The van der Waals surface area contributed by atoms with Crippen LogP contribution in [-0.2, 0) is 12.8 Å². The Kier molecular flexibility index (Phi) is 6.04. The molecule has 0 saturated heterocycles. The second kappa shape index (κ2) is 8.45. The molecule has 1 aromatic heterocycles. The molecule has 3 N–H and O–H groups in total. The first-order chi connectivity index (χ1) is 12.1. The topological polar surface area (TPSA) is 53.2 Å². The smallest absolute Gasteiger partial charge is 0.279 e. The maximum Gasteiger partial charge on any atom is 0.279 e. The fraction of sp³-hybridized carbons (Fsp3) is 0.368. The van der Waals surface area contributed by atoms with Gasteiger partial charge in [-0.05, 0) is 62.0 Å². The van der Waals surface area contributed by atoms with E-state index in [1.165, 1.54) is 29.7 Å². The van der Waals surface area contributed by atoms with Crippen molar-refractivity contribution in [2.75, 3.05) is 0 Å². The van der Waals surface area contributed by atoms with Crippen molar-refractivity contribution in [3.63, 3.8) is 0 Å². The van der Waals surface area contributed by atoms with Crippen molar-refractivity contribution in [2.24, 2.45) is 0 Å². The van der Waals surface area contributed by atoms with E-state index < -0.39 is 0 Å². The number of aryl methyl sites for hydroxylation is 2. The zero-order valence-corrected chi connectivity index (χ0v) is 15.9. The molecule has 0 fully saturated rings. The van der Waals surface area contributed by atoms with Gasteiger partial charge in [0.2, 0.25) is 0 Å². The lowest BCUT2D eigenvalue weighted by Gasteiger charge is -2.17. The minimum atomic E-state index is -0.130. The molecular formula is C19H23N3OS2. The Labute approximate surface area is 158 Å². The van der Waals surface area contributed by atoms with Crippen molar-refractivity contribution in [3.05, 3.63) is 57.3 Å². The summed E-state index contributed by atoms with van der Waals surface area (Å²) in [6.07, 6.45) is 5.90. The van der Waals surface area contributed by atoms with Gasteiger partial charge in [0.15, 0.2) is 5.11 Å². The predicted molar refractivity (Wildman–Crippen MR) is 107 cm³/mol. The first-order valence-corrected chi connectivity index (χ1v) is 9.89. The lowest BCUT2D eigenvalue weighted by atomic mass is 10.1.